The van der Waals surface area contributed by atoms with Gasteiger partial charge in [-0.3, -0.25) is 18.6 Å². The average molecular weight is 351 g/mol. The van der Waals surface area contributed by atoms with E-state index < -0.39 is 17.3 Å². The van der Waals surface area contributed by atoms with Crippen molar-refractivity contribution in [2.24, 2.45) is 0 Å². The Balaban J connectivity index is 1.78. The highest BCUT2D eigenvalue weighted by molar-refractivity contribution is 5.91. The van der Waals surface area contributed by atoms with Crippen LogP contribution in [0, 0.1) is 12.7 Å². The fourth-order valence-corrected chi connectivity index (χ4v) is 2.94. The highest BCUT2D eigenvalue weighted by atomic mass is 19.1. The fourth-order valence-electron chi connectivity index (χ4n) is 2.94. The lowest BCUT2D eigenvalue weighted by Gasteiger charge is -2.12. The van der Waals surface area contributed by atoms with Crippen molar-refractivity contribution in [2.45, 2.75) is 13.5 Å². The Hall–Kier alpha value is -3.55. The molecule has 0 fully saturated rings. The molecule has 0 aliphatic heterocycles. The molecule has 0 aliphatic rings. The summed E-state index contributed by atoms with van der Waals surface area (Å²) in [4.78, 5) is 25.2. The molecule has 0 bridgehead atoms. The van der Waals surface area contributed by atoms with Crippen molar-refractivity contribution in [3.05, 3.63) is 70.5 Å². The Bertz CT molecular complexity index is 1190. The molecule has 4 aromatic rings. The number of benzene rings is 2. The van der Waals surface area contributed by atoms with Crippen molar-refractivity contribution in [1.82, 2.24) is 19.2 Å². The molecular weight excluding hydrogens is 337 g/mol. The summed E-state index contributed by atoms with van der Waals surface area (Å²) in [6.45, 7) is 1.57. The topological polar surface area (TPSA) is 81.3 Å². The van der Waals surface area contributed by atoms with Gasteiger partial charge in [-0.15, -0.1) is 10.2 Å². The third kappa shape index (κ3) is 2.61. The summed E-state index contributed by atoms with van der Waals surface area (Å²) >= 11 is 0. The first-order chi connectivity index (χ1) is 12.5. The van der Waals surface area contributed by atoms with Gasteiger partial charge in [0.15, 0.2) is 0 Å². The third-order valence-electron chi connectivity index (χ3n) is 4.10. The van der Waals surface area contributed by atoms with Crippen LogP contribution in [0.5, 0.6) is 0 Å². The summed E-state index contributed by atoms with van der Waals surface area (Å²) in [5.41, 5.74) is 1.55. The van der Waals surface area contributed by atoms with Gasteiger partial charge in [-0.2, -0.15) is 0 Å². The number of fused-ring (bicyclic) bond motifs is 3. The lowest BCUT2D eigenvalue weighted by Crippen LogP contribution is -2.29. The van der Waals surface area contributed by atoms with Crippen molar-refractivity contribution >= 4 is 28.3 Å². The van der Waals surface area contributed by atoms with E-state index in [0.717, 1.165) is 5.52 Å². The van der Waals surface area contributed by atoms with Crippen LogP contribution in [0.3, 0.4) is 0 Å². The number of hydrogen-bond donors (Lipinski definition) is 1. The summed E-state index contributed by atoms with van der Waals surface area (Å²) in [5.74, 6) is -0.196. The highest BCUT2D eigenvalue weighted by Crippen LogP contribution is 2.15. The maximum atomic E-state index is 13.0. The van der Waals surface area contributed by atoms with Gasteiger partial charge in [0, 0.05) is 5.69 Å². The number of rotatable bonds is 3. The molecule has 0 saturated carbocycles. The predicted molar refractivity (Wildman–Crippen MR) is 94.5 cm³/mol. The summed E-state index contributed by atoms with van der Waals surface area (Å²) in [6, 6.07) is 12.7. The van der Waals surface area contributed by atoms with Gasteiger partial charge in [-0.25, -0.2) is 4.39 Å². The molecule has 2 aromatic heterocycles. The number of aromatic nitrogens is 4. The largest absolute Gasteiger partial charge is 0.325 e. The molecule has 8 heteroatoms. The summed E-state index contributed by atoms with van der Waals surface area (Å²) < 4.78 is 16.0. The first-order valence-electron chi connectivity index (χ1n) is 7.93. The van der Waals surface area contributed by atoms with Gasteiger partial charge < -0.3 is 5.32 Å². The second-order valence-corrected chi connectivity index (χ2v) is 5.84. The van der Waals surface area contributed by atoms with E-state index in [1.807, 2.05) is 12.1 Å². The Labute approximate surface area is 146 Å². The van der Waals surface area contributed by atoms with Crippen LogP contribution in [0.2, 0.25) is 0 Å². The molecule has 0 aliphatic carbocycles. The zero-order valence-corrected chi connectivity index (χ0v) is 13.8. The third-order valence-corrected chi connectivity index (χ3v) is 4.10. The zero-order chi connectivity index (χ0) is 18.3. The number of nitrogens with one attached hydrogen (secondary N) is 1. The quantitative estimate of drug-likeness (QED) is 0.613. The second kappa shape index (κ2) is 6.07. The van der Waals surface area contributed by atoms with Crippen LogP contribution < -0.4 is 10.9 Å². The molecule has 2 heterocycles. The van der Waals surface area contributed by atoms with Crippen molar-refractivity contribution in [2.75, 3.05) is 5.32 Å². The Morgan fingerprint density at radius 2 is 1.77 bits per heavy atom. The molecule has 26 heavy (non-hydrogen) atoms. The highest BCUT2D eigenvalue weighted by Gasteiger charge is 2.16. The zero-order valence-electron chi connectivity index (χ0n) is 13.8. The molecule has 0 radical (unpaired) electrons. The summed E-state index contributed by atoms with van der Waals surface area (Å²) in [7, 11) is 0. The van der Waals surface area contributed by atoms with Gasteiger partial charge in [-0.1, -0.05) is 12.1 Å². The molecule has 1 amide bonds. The number of carbonyl (C=O) groups excluding carboxylic acids is 1. The van der Waals surface area contributed by atoms with Gasteiger partial charge in [-0.05, 0) is 43.3 Å². The molecule has 0 atom stereocenters. The first kappa shape index (κ1) is 15.9. The lowest BCUT2D eigenvalue weighted by atomic mass is 10.2. The molecule has 130 valence electrons. The molecule has 0 spiro atoms. The lowest BCUT2D eigenvalue weighted by molar-refractivity contribution is -0.116. The average Bonchev–Trinajstić information content (AvgIpc) is 3.03. The van der Waals surface area contributed by atoms with Crippen LogP contribution in [0.4, 0.5) is 10.1 Å². The smallest absolute Gasteiger partial charge is 0.297 e. The van der Waals surface area contributed by atoms with Gasteiger partial charge in [0.1, 0.15) is 18.2 Å². The Morgan fingerprint density at radius 1 is 1.08 bits per heavy atom. The fraction of sp³-hybridized carbons (Fsp3) is 0.111. The Morgan fingerprint density at radius 3 is 2.50 bits per heavy atom. The normalized spacial score (nSPS) is 11.2. The number of para-hydroxylation sites is 2. The molecule has 2 aromatic carbocycles. The Kier molecular flexibility index (Phi) is 3.72. The van der Waals surface area contributed by atoms with E-state index in [9.17, 15) is 14.0 Å². The number of amides is 1. The van der Waals surface area contributed by atoms with Gasteiger partial charge in [0.2, 0.25) is 11.6 Å². The minimum absolute atomic E-state index is 0.163. The van der Waals surface area contributed by atoms with Gasteiger partial charge >= 0.3 is 0 Å². The van der Waals surface area contributed by atoms with E-state index in [1.165, 1.54) is 28.8 Å². The molecule has 0 unspecified atom stereocenters. The molecule has 7 nitrogen and oxygen atoms in total. The van der Waals surface area contributed by atoms with E-state index in [2.05, 4.69) is 15.5 Å². The minimum atomic E-state index is -0.404. The van der Waals surface area contributed by atoms with Gasteiger partial charge in [0.05, 0.1) is 11.0 Å². The van der Waals surface area contributed by atoms with Crippen LogP contribution in [0.15, 0.2) is 53.3 Å². The maximum absolute atomic E-state index is 13.0. The van der Waals surface area contributed by atoms with E-state index in [-0.39, 0.29) is 12.2 Å². The van der Waals surface area contributed by atoms with Crippen molar-refractivity contribution in [3.63, 3.8) is 0 Å². The van der Waals surface area contributed by atoms with Crippen LogP contribution in [-0.4, -0.2) is 25.1 Å². The van der Waals surface area contributed by atoms with Gasteiger partial charge in [0.25, 0.3) is 5.56 Å². The first-order valence-corrected chi connectivity index (χ1v) is 7.93. The second-order valence-electron chi connectivity index (χ2n) is 5.84. The predicted octanol–water partition coefficient (Wildman–Crippen LogP) is 2.13. The summed E-state index contributed by atoms with van der Waals surface area (Å²) in [6.07, 6.45) is 0. The maximum Gasteiger partial charge on any atom is 0.297 e. The van der Waals surface area contributed by atoms with Crippen LogP contribution in [-0.2, 0) is 11.3 Å². The van der Waals surface area contributed by atoms with E-state index in [1.54, 1.807) is 23.5 Å². The van der Waals surface area contributed by atoms with Crippen molar-refractivity contribution < 1.29 is 9.18 Å². The van der Waals surface area contributed by atoms with E-state index in [4.69, 9.17) is 0 Å². The van der Waals surface area contributed by atoms with Crippen LogP contribution >= 0.6 is 0 Å². The van der Waals surface area contributed by atoms with E-state index in [0.29, 0.717) is 17.0 Å². The van der Waals surface area contributed by atoms with Crippen molar-refractivity contribution in [3.8, 4) is 0 Å². The van der Waals surface area contributed by atoms with E-state index >= 15 is 0 Å². The van der Waals surface area contributed by atoms with Crippen molar-refractivity contribution in [1.29, 1.82) is 0 Å². The monoisotopic (exact) mass is 351 g/mol. The van der Waals surface area contributed by atoms with Crippen LogP contribution in [0.25, 0.3) is 16.7 Å². The number of anilines is 1. The molecular formula is C18H14FN5O2. The SMILES string of the molecule is Cc1nnc2c(=O)n(CC(=O)Nc3ccc(F)cc3)c3ccccc3n12. The molecule has 1 N–H and O–H groups in total. The van der Waals surface area contributed by atoms with Crippen LogP contribution in [0.1, 0.15) is 5.82 Å². The summed E-state index contributed by atoms with van der Waals surface area (Å²) in [5, 5.41) is 10.6. The number of nitrogens with zero attached hydrogens (tertiary/aromatic N) is 4. The number of halogens is 1. The molecule has 0 saturated heterocycles. The number of carbonyl (C=O) groups is 1. The number of aryl methyl sites for hydroxylation is 1. The minimum Gasteiger partial charge on any atom is -0.325 e. The number of hydrogen-bond acceptors (Lipinski definition) is 4. The standard InChI is InChI=1S/C18H14FN5O2/c1-11-21-22-17-18(26)23(14-4-2-3-5-15(14)24(11)17)10-16(25)20-13-8-6-12(19)7-9-13/h2-9H,10H2,1H3,(H,20,25). The molecule has 4 rings (SSSR count).